The Bertz CT molecular complexity index is 981. The van der Waals surface area contributed by atoms with Gasteiger partial charge in [-0.2, -0.15) is 0 Å². The summed E-state index contributed by atoms with van der Waals surface area (Å²) >= 11 is 0. The van der Waals surface area contributed by atoms with E-state index in [1.165, 1.54) is 4.90 Å². The molecule has 3 amide bonds. The third-order valence-corrected chi connectivity index (χ3v) is 5.95. The van der Waals surface area contributed by atoms with E-state index < -0.39 is 11.6 Å². The van der Waals surface area contributed by atoms with Crippen LogP contribution in [0, 0.1) is 6.92 Å². The van der Waals surface area contributed by atoms with Crippen molar-refractivity contribution in [2.75, 3.05) is 11.5 Å². The molecule has 1 heterocycles. The summed E-state index contributed by atoms with van der Waals surface area (Å²) in [5.74, 6) is -0.249. The zero-order chi connectivity index (χ0) is 22.8. The van der Waals surface area contributed by atoms with E-state index in [0.717, 1.165) is 5.56 Å². The van der Waals surface area contributed by atoms with Crippen LogP contribution in [0.1, 0.15) is 56.5 Å². The third-order valence-electron chi connectivity index (χ3n) is 5.95. The minimum atomic E-state index is -0.846. The SMILES string of the molecule is CCOc1ccc(N2C(=O)CC(N(C(=O)c3ccccc3C)C(C)(C)CC)C2=O)cc1. The molecule has 164 valence electrons. The van der Waals surface area contributed by atoms with Crippen molar-refractivity contribution in [3.05, 3.63) is 59.7 Å². The van der Waals surface area contributed by atoms with Crippen molar-refractivity contribution < 1.29 is 19.1 Å². The number of benzene rings is 2. The molecule has 1 aliphatic heterocycles. The molecule has 1 unspecified atom stereocenters. The number of ether oxygens (including phenoxy) is 1. The van der Waals surface area contributed by atoms with Crippen LogP contribution in [0.3, 0.4) is 0 Å². The number of rotatable bonds is 7. The van der Waals surface area contributed by atoms with Crippen LogP contribution in [0.25, 0.3) is 0 Å². The number of carbonyl (C=O) groups is 3. The maximum absolute atomic E-state index is 13.6. The first kappa shape index (κ1) is 22.5. The topological polar surface area (TPSA) is 66.9 Å². The largest absolute Gasteiger partial charge is 0.494 e. The smallest absolute Gasteiger partial charge is 0.257 e. The Balaban J connectivity index is 1.97. The van der Waals surface area contributed by atoms with Gasteiger partial charge in [0.25, 0.3) is 11.8 Å². The molecule has 2 aromatic rings. The summed E-state index contributed by atoms with van der Waals surface area (Å²) in [7, 11) is 0. The minimum Gasteiger partial charge on any atom is -0.494 e. The van der Waals surface area contributed by atoms with Crippen molar-refractivity contribution in [1.29, 1.82) is 0 Å². The highest BCUT2D eigenvalue weighted by atomic mass is 16.5. The number of hydrogen-bond donors (Lipinski definition) is 0. The molecule has 1 atom stereocenters. The van der Waals surface area contributed by atoms with Gasteiger partial charge < -0.3 is 9.64 Å². The standard InChI is InChI=1S/C25H30N2O4/c1-6-25(4,5)27(23(29)20-11-9-8-10-17(20)3)21-16-22(28)26(24(21)30)18-12-14-19(15-13-18)31-7-2/h8-15,21H,6-7,16H2,1-5H3. The van der Waals surface area contributed by atoms with Crippen LogP contribution in [0.4, 0.5) is 5.69 Å². The molecule has 0 spiro atoms. The van der Waals surface area contributed by atoms with E-state index in [1.54, 1.807) is 35.2 Å². The van der Waals surface area contributed by atoms with E-state index in [9.17, 15) is 14.4 Å². The predicted octanol–water partition coefficient (Wildman–Crippen LogP) is 4.36. The van der Waals surface area contributed by atoms with E-state index in [1.807, 2.05) is 52.8 Å². The molecule has 1 fully saturated rings. The maximum Gasteiger partial charge on any atom is 0.257 e. The van der Waals surface area contributed by atoms with Crippen LogP contribution >= 0.6 is 0 Å². The lowest BCUT2D eigenvalue weighted by Gasteiger charge is -2.41. The normalized spacial score (nSPS) is 16.5. The first-order valence-electron chi connectivity index (χ1n) is 10.7. The number of aryl methyl sites for hydroxylation is 1. The minimum absolute atomic E-state index is 0.0346. The van der Waals surface area contributed by atoms with Gasteiger partial charge in [0, 0.05) is 11.1 Å². The van der Waals surface area contributed by atoms with E-state index in [-0.39, 0.29) is 24.1 Å². The Hall–Kier alpha value is -3.15. The number of imide groups is 1. The first-order valence-corrected chi connectivity index (χ1v) is 10.7. The number of amides is 3. The van der Waals surface area contributed by atoms with Crippen LogP contribution in [0.5, 0.6) is 5.75 Å². The van der Waals surface area contributed by atoms with Gasteiger partial charge in [0.15, 0.2) is 0 Å². The molecule has 0 saturated carbocycles. The Morgan fingerprint density at radius 2 is 1.74 bits per heavy atom. The summed E-state index contributed by atoms with van der Waals surface area (Å²) in [6.45, 7) is 10.1. The predicted molar refractivity (Wildman–Crippen MR) is 120 cm³/mol. The molecular formula is C25H30N2O4. The zero-order valence-corrected chi connectivity index (χ0v) is 18.8. The molecule has 0 N–H and O–H groups in total. The van der Waals surface area contributed by atoms with Crippen LogP contribution in [-0.2, 0) is 9.59 Å². The molecule has 1 aliphatic rings. The molecule has 6 nitrogen and oxygen atoms in total. The summed E-state index contributed by atoms with van der Waals surface area (Å²) in [4.78, 5) is 42.7. The van der Waals surface area contributed by atoms with Crippen molar-refractivity contribution in [2.24, 2.45) is 0 Å². The highest BCUT2D eigenvalue weighted by Crippen LogP contribution is 2.33. The molecule has 2 aromatic carbocycles. The summed E-state index contributed by atoms with van der Waals surface area (Å²) in [6, 6.07) is 13.3. The van der Waals surface area contributed by atoms with Gasteiger partial charge in [0.05, 0.1) is 18.7 Å². The monoisotopic (exact) mass is 422 g/mol. The van der Waals surface area contributed by atoms with Gasteiger partial charge in [-0.05, 0) is 70.0 Å². The number of nitrogens with zero attached hydrogens (tertiary/aromatic N) is 2. The Labute approximate surface area is 183 Å². The summed E-state index contributed by atoms with van der Waals surface area (Å²) in [5.41, 5.74) is 1.27. The molecule has 0 radical (unpaired) electrons. The molecule has 6 heteroatoms. The van der Waals surface area contributed by atoms with Gasteiger partial charge in [-0.25, -0.2) is 4.90 Å². The lowest BCUT2D eigenvalue weighted by molar-refractivity contribution is -0.123. The van der Waals surface area contributed by atoms with Gasteiger partial charge in [0.1, 0.15) is 11.8 Å². The van der Waals surface area contributed by atoms with Crippen molar-refractivity contribution in [1.82, 2.24) is 4.90 Å². The lowest BCUT2D eigenvalue weighted by Crippen LogP contribution is -2.55. The number of carbonyl (C=O) groups excluding carboxylic acids is 3. The van der Waals surface area contributed by atoms with Crippen LogP contribution in [0.2, 0.25) is 0 Å². The highest BCUT2D eigenvalue weighted by molar-refractivity contribution is 6.23. The average Bonchev–Trinajstić information content (AvgIpc) is 3.02. The zero-order valence-electron chi connectivity index (χ0n) is 18.8. The van der Waals surface area contributed by atoms with Crippen molar-refractivity contribution >= 4 is 23.4 Å². The van der Waals surface area contributed by atoms with Crippen molar-refractivity contribution in [3.8, 4) is 5.75 Å². The second-order valence-electron chi connectivity index (χ2n) is 8.37. The summed E-state index contributed by atoms with van der Waals surface area (Å²) < 4.78 is 5.45. The second-order valence-corrected chi connectivity index (χ2v) is 8.37. The fourth-order valence-corrected chi connectivity index (χ4v) is 3.90. The third kappa shape index (κ3) is 4.33. The van der Waals surface area contributed by atoms with Crippen LogP contribution in [-0.4, -0.2) is 40.8 Å². The molecule has 3 rings (SSSR count). The fourth-order valence-electron chi connectivity index (χ4n) is 3.90. The number of hydrogen-bond acceptors (Lipinski definition) is 4. The molecule has 0 aromatic heterocycles. The van der Waals surface area contributed by atoms with Gasteiger partial charge in [0.2, 0.25) is 5.91 Å². The molecule has 0 aliphatic carbocycles. The fraction of sp³-hybridized carbons (Fsp3) is 0.400. The Kier molecular flexibility index (Phi) is 6.48. The van der Waals surface area contributed by atoms with Crippen LogP contribution < -0.4 is 9.64 Å². The Morgan fingerprint density at radius 1 is 1.10 bits per heavy atom. The molecule has 1 saturated heterocycles. The second kappa shape index (κ2) is 8.92. The van der Waals surface area contributed by atoms with E-state index in [2.05, 4.69) is 0 Å². The van der Waals surface area contributed by atoms with E-state index >= 15 is 0 Å². The Morgan fingerprint density at radius 3 is 2.32 bits per heavy atom. The van der Waals surface area contributed by atoms with Crippen molar-refractivity contribution in [3.63, 3.8) is 0 Å². The first-order chi connectivity index (χ1) is 14.7. The molecule has 0 bridgehead atoms. The van der Waals surface area contributed by atoms with Crippen LogP contribution in [0.15, 0.2) is 48.5 Å². The van der Waals surface area contributed by atoms with Gasteiger partial charge in [-0.1, -0.05) is 25.1 Å². The molecular weight excluding hydrogens is 392 g/mol. The molecule has 31 heavy (non-hydrogen) atoms. The quantitative estimate of drug-likeness (QED) is 0.622. The van der Waals surface area contributed by atoms with E-state index in [0.29, 0.717) is 30.0 Å². The number of anilines is 1. The van der Waals surface area contributed by atoms with E-state index in [4.69, 9.17) is 4.74 Å². The van der Waals surface area contributed by atoms with Crippen molar-refractivity contribution in [2.45, 2.75) is 59.0 Å². The van der Waals surface area contributed by atoms with Gasteiger partial charge >= 0.3 is 0 Å². The lowest BCUT2D eigenvalue weighted by atomic mass is 9.94. The van der Waals surface area contributed by atoms with Gasteiger partial charge in [-0.15, -0.1) is 0 Å². The summed E-state index contributed by atoms with van der Waals surface area (Å²) in [6.07, 6.45) is 0.610. The highest BCUT2D eigenvalue weighted by Gasteiger charge is 2.48. The summed E-state index contributed by atoms with van der Waals surface area (Å²) in [5, 5.41) is 0. The average molecular weight is 423 g/mol. The maximum atomic E-state index is 13.6. The van der Waals surface area contributed by atoms with Gasteiger partial charge in [-0.3, -0.25) is 14.4 Å².